The summed E-state index contributed by atoms with van der Waals surface area (Å²) < 4.78 is 6.14. The molecule has 1 N–H and O–H groups in total. The third-order valence-corrected chi connectivity index (χ3v) is 5.83. The number of nitrogens with one attached hydrogen (secondary N) is 1. The highest BCUT2D eigenvalue weighted by Crippen LogP contribution is 2.46. The fourth-order valence-electron chi connectivity index (χ4n) is 3.30. The van der Waals surface area contributed by atoms with E-state index in [0.29, 0.717) is 11.5 Å². The van der Waals surface area contributed by atoms with Gasteiger partial charge in [0.15, 0.2) is 0 Å². The van der Waals surface area contributed by atoms with Crippen molar-refractivity contribution in [3.05, 3.63) is 0 Å². The van der Waals surface area contributed by atoms with Gasteiger partial charge in [-0.05, 0) is 49.0 Å². The summed E-state index contributed by atoms with van der Waals surface area (Å²) >= 11 is 2.09. The van der Waals surface area contributed by atoms with Crippen molar-refractivity contribution in [3.63, 3.8) is 0 Å². The third-order valence-electron chi connectivity index (χ3n) is 4.85. The number of hydrogen-bond acceptors (Lipinski definition) is 3. The largest absolute Gasteiger partial charge is 0.375 e. The molecule has 1 saturated carbocycles. The lowest BCUT2D eigenvalue weighted by Crippen LogP contribution is -2.49. The Bertz CT molecular complexity index is 280. The average Bonchev–Trinajstić information content (AvgIpc) is 2.87. The van der Waals surface area contributed by atoms with Crippen LogP contribution in [-0.2, 0) is 4.74 Å². The summed E-state index contributed by atoms with van der Waals surface area (Å²) in [6.45, 7) is 5.71. The second-order valence-electron chi connectivity index (χ2n) is 6.75. The maximum absolute atomic E-state index is 6.14. The van der Waals surface area contributed by atoms with Gasteiger partial charge in [-0.15, -0.1) is 0 Å². The molecule has 1 spiro atoms. The van der Waals surface area contributed by atoms with Crippen LogP contribution in [0.25, 0.3) is 0 Å². The summed E-state index contributed by atoms with van der Waals surface area (Å²) in [6, 6.07) is 1.47. The van der Waals surface area contributed by atoms with Crippen LogP contribution in [0.3, 0.4) is 0 Å². The zero-order chi connectivity index (χ0) is 11.9. The summed E-state index contributed by atoms with van der Waals surface area (Å²) in [7, 11) is 0. The topological polar surface area (TPSA) is 21.3 Å². The molecule has 98 valence electrons. The first-order valence-corrected chi connectivity index (χ1v) is 8.23. The third kappa shape index (κ3) is 2.66. The van der Waals surface area contributed by atoms with E-state index in [2.05, 4.69) is 30.9 Å². The first-order valence-electron chi connectivity index (χ1n) is 7.08. The Morgan fingerprint density at radius 2 is 1.88 bits per heavy atom. The van der Waals surface area contributed by atoms with Gasteiger partial charge in [-0.1, -0.05) is 13.8 Å². The molecule has 1 aliphatic carbocycles. The summed E-state index contributed by atoms with van der Waals surface area (Å²) in [5, 5.41) is 3.87. The maximum atomic E-state index is 6.14. The second kappa shape index (κ2) is 4.43. The Kier molecular flexibility index (Phi) is 3.21. The van der Waals surface area contributed by atoms with Crippen LogP contribution in [0, 0.1) is 5.41 Å². The van der Waals surface area contributed by atoms with Crippen LogP contribution in [0.4, 0.5) is 0 Å². The molecular weight excluding hydrogens is 230 g/mol. The Labute approximate surface area is 109 Å². The normalized spacial score (nSPS) is 39.2. The van der Waals surface area contributed by atoms with Crippen molar-refractivity contribution in [2.75, 3.05) is 18.1 Å². The van der Waals surface area contributed by atoms with Crippen LogP contribution in [0.1, 0.15) is 46.0 Å². The van der Waals surface area contributed by atoms with Crippen LogP contribution < -0.4 is 5.32 Å². The van der Waals surface area contributed by atoms with Gasteiger partial charge in [-0.25, -0.2) is 0 Å². The van der Waals surface area contributed by atoms with Crippen LogP contribution >= 0.6 is 11.8 Å². The number of ether oxygens (including phenoxy) is 1. The molecule has 3 aliphatic rings. The monoisotopic (exact) mass is 255 g/mol. The van der Waals surface area contributed by atoms with Crippen LogP contribution in [0.5, 0.6) is 0 Å². The lowest BCUT2D eigenvalue weighted by Gasteiger charge is -2.43. The fraction of sp³-hybridized carbons (Fsp3) is 1.00. The molecule has 0 aromatic rings. The molecule has 2 unspecified atom stereocenters. The lowest BCUT2D eigenvalue weighted by atomic mass is 9.85. The molecule has 3 heteroatoms. The standard InChI is InChI=1S/C14H25NOS/c1-13(2)10-12(13)15-11-3-6-16-14(9-11)4-7-17-8-5-14/h11-12,15H,3-10H2,1-2H3. The van der Waals surface area contributed by atoms with E-state index in [-0.39, 0.29) is 5.60 Å². The Hall–Kier alpha value is 0.270. The molecule has 3 fully saturated rings. The molecule has 0 bridgehead atoms. The molecule has 3 rings (SSSR count). The molecule has 17 heavy (non-hydrogen) atoms. The molecule has 2 atom stereocenters. The molecule has 2 heterocycles. The molecule has 2 saturated heterocycles. The fourth-order valence-corrected chi connectivity index (χ4v) is 4.53. The highest BCUT2D eigenvalue weighted by Gasteiger charge is 2.48. The molecule has 0 aromatic heterocycles. The summed E-state index contributed by atoms with van der Waals surface area (Å²) in [4.78, 5) is 0. The first-order chi connectivity index (χ1) is 8.10. The number of hydrogen-bond donors (Lipinski definition) is 1. The zero-order valence-electron chi connectivity index (χ0n) is 11.1. The van der Waals surface area contributed by atoms with Crippen LogP contribution in [0.2, 0.25) is 0 Å². The van der Waals surface area contributed by atoms with Gasteiger partial charge in [0.25, 0.3) is 0 Å². The summed E-state index contributed by atoms with van der Waals surface area (Å²) in [5.41, 5.74) is 0.786. The van der Waals surface area contributed by atoms with E-state index in [1.807, 2.05) is 0 Å². The molecule has 2 nitrogen and oxygen atoms in total. The minimum Gasteiger partial charge on any atom is -0.375 e. The predicted octanol–water partition coefficient (Wildman–Crippen LogP) is 2.82. The average molecular weight is 255 g/mol. The quantitative estimate of drug-likeness (QED) is 0.820. The molecule has 0 amide bonds. The van der Waals surface area contributed by atoms with Gasteiger partial charge in [0, 0.05) is 18.7 Å². The van der Waals surface area contributed by atoms with E-state index in [4.69, 9.17) is 4.74 Å². The van der Waals surface area contributed by atoms with Crippen molar-refractivity contribution in [1.82, 2.24) is 5.32 Å². The maximum Gasteiger partial charge on any atom is 0.0713 e. The van der Waals surface area contributed by atoms with Gasteiger partial charge in [0.2, 0.25) is 0 Å². The van der Waals surface area contributed by atoms with E-state index in [1.165, 1.54) is 43.6 Å². The van der Waals surface area contributed by atoms with Crippen LogP contribution in [0.15, 0.2) is 0 Å². The van der Waals surface area contributed by atoms with Gasteiger partial charge in [-0.3, -0.25) is 0 Å². The molecule has 2 aliphatic heterocycles. The SMILES string of the molecule is CC1(C)CC1NC1CCOC2(CCSCC2)C1. The van der Waals surface area contributed by atoms with Crippen LogP contribution in [-0.4, -0.2) is 35.8 Å². The van der Waals surface area contributed by atoms with E-state index >= 15 is 0 Å². The van der Waals surface area contributed by atoms with E-state index < -0.39 is 0 Å². The summed E-state index contributed by atoms with van der Waals surface area (Å²) in [6.07, 6.45) is 6.35. The van der Waals surface area contributed by atoms with Gasteiger partial charge in [0.1, 0.15) is 0 Å². The van der Waals surface area contributed by atoms with Gasteiger partial charge >= 0.3 is 0 Å². The van der Waals surface area contributed by atoms with E-state index in [1.54, 1.807) is 0 Å². The van der Waals surface area contributed by atoms with Crippen molar-refractivity contribution in [2.45, 2.75) is 63.6 Å². The van der Waals surface area contributed by atoms with Crippen molar-refractivity contribution >= 4 is 11.8 Å². The Balaban J connectivity index is 1.56. The van der Waals surface area contributed by atoms with Gasteiger partial charge in [-0.2, -0.15) is 11.8 Å². The van der Waals surface area contributed by atoms with Crippen molar-refractivity contribution in [1.29, 1.82) is 0 Å². The minimum absolute atomic E-state index is 0.236. The molecule has 0 radical (unpaired) electrons. The molecular formula is C14H25NOS. The zero-order valence-corrected chi connectivity index (χ0v) is 11.9. The predicted molar refractivity (Wildman–Crippen MR) is 73.6 cm³/mol. The first kappa shape index (κ1) is 12.3. The highest BCUT2D eigenvalue weighted by atomic mass is 32.2. The second-order valence-corrected chi connectivity index (χ2v) is 7.97. The van der Waals surface area contributed by atoms with Crippen molar-refractivity contribution in [2.24, 2.45) is 5.41 Å². The van der Waals surface area contributed by atoms with E-state index in [0.717, 1.165) is 12.6 Å². The number of thioether (sulfide) groups is 1. The number of rotatable bonds is 2. The Morgan fingerprint density at radius 1 is 1.18 bits per heavy atom. The molecule has 0 aromatic carbocycles. The van der Waals surface area contributed by atoms with Crippen molar-refractivity contribution in [3.8, 4) is 0 Å². The highest BCUT2D eigenvalue weighted by molar-refractivity contribution is 7.99. The van der Waals surface area contributed by atoms with E-state index in [9.17, 15) is 0 Å². The Morgan fingerprint density at radius 3 is 2.53 bits per heavy atom. The minimum atomic E-state index is 0.236. The van der Waals surface area contributed by atoms with Crippen molar-refractivity contribution < 1.29 is 4.74 Å². The lowest BCUT2D eigenvalue weighted by molar-refractivity contribution is -0.0935. The summed E-state index contributed by atoms with van der Waals surface area (Å²) in [5.74, 6) is 2.59. The van der Waals surface area contributed by atoms with Gasteiger partial charge < -0.3 is 10.1 Å². The smallest absolute Gasteiger partial charge is 0.0713 e. The van der Waals surface area contributed by atoms with Gasteiger partial charge in [0.05, 0.1) is 5.60 Å².